The molecule has 0 saturated carbocycles. The molecule has 2 saturated heterocycles. The zero-order valence-electron chi connectivity index (χ0n) is 16.9. The standard InChI is InChI=1S/C22H26N4O2S2/c27-30(28,26-13-4-1-5-14-26)18-10-11-21(23-15-18)25-12-6-7-17(16-25)22-24-19-8-2-3-9-20(19)29-22/h2-3,8-11,15,17H,1,4-7,12-14,16H2/t17-/m0/s1. The highest BCUT2D eigenvalue weighted by Gasteiger charge is 2.28. The van der Waals surface area contributed by atoms with Gasteiger partial charge < -0.3 is 4.90 Å². The largest absolute Gasteiger partial charge is 0.356 e. The van der Waals surface area contributed by atoms with Crippen molar-refractivity contribution in [2.24, 2.45) is 0 Å². The smallest absolute Gasteiger partial charge is 0.244 e. The third kappa shape index (κ3) is 3.84. The molecule has 0 N–H and O–H groups in total. The van der Waals surface area contributed by atoms with Gasteiger partial charge in [-0.15, -0.1) is 11.3 Å². The summed E-state index contributed by atoms with van der Waals surface area (Å²) in [5.41, 5.74) is 1.07. The Morgan fingerprint density at radius 3 is 2.57 bits per heavy atom. The number of fused-ring (bicyclic) bond motifs is 1. The first-order chi connectivity index (χ1) is 14.6. The van der Waals surface area contributed by atoms with E-state index in [1.165, 1.54) is 15.9 Å². The summed E-state index contributed by atoms with van der Waals surface area (Å²) in [6.07, 6.45) is 6.71. The minimum absolute atomic E-state index is 0.299. The fraction of sp³-hybridized carbons (Fsp3) is 0.455. The predicted octanol–water partition coefficient (Wildman–Crippen LogP) is 4.25. The Morgan fingerprint density at radius 1 is 0.967 bits per heavy atom. The number of para-hydroxylation sites is 1. The van der Waals surface area contributed by atoms with Gasteiger partial charge in [-0.1, -0.05) is 18.6 Å². The molecule has 2 aliphatic heterocycles. The van der Waals surface area contributed by atoms with Crippen LogP contribution in [0.25, 0.3) is 10.2 Å². The SMILES string of the molecule is O=S(=O)(c1ccc(N2CCC[C@H](c3nc4ccccc4s3)C2)nc1)N1CCCCC1. The average molecular weight is 443 g/mol. The van der Waals surface area contributed by atoms with Crippen molar-refractivity contribution in [1.29, 1.82) is 0 Å². The molecule has 0 radical (unpaired) electrons. The van der Waals surface area contributed by atoms with Crippen LogP contribution in [-0.4, -0.2) is 48.9 Å². The summed E-state index contributed by atoms with van der Waals surface area (Å²) >= 11 is 1.78. The highest BCUT2D eigenvalue weighted by molar-refractivity contribution is 7.89. The third-order valence-corrected chi connectivity index (χ3v) is 9.16. The molecule has 2 aromatic heterocycles. The molecule has 2 aliphatic rings. The second-order valence-electron chi connectivity index (χ2n) is 8.12. The number of anilines is 1. The number of sulfonamides is 1. The summed E-state index contributed by atoms with van der Waals surface area (Å²) in [7, 11) is -3.43. The first kappa shape index (κ1) is 19.9. The summed E-state index contributed by atoms with van der Waals surface area (Å²) in [5, 5.41) is 1.19. The van der Waals surface area contributed by atoms with E-state index >= 15 is 0 Å². The second kappa shape index (κ2) is 8.24. The fourth-order valence-corrected chi connectivity index (χ4v) is 6.97. The van der Waals surface area contributed by atoms with Gasteiger partial charge in [-0.3, -0.25) is 0 Å². The number of benzene rings is 1. The molecule has 0 spiro atoms. The van der Waals surface area contributed by atoms with E-state index in [-0.39, 0.29) is 0 Å². The van der Waals surface area contributed by atoms with Crippen LogP contribution < -0.4 is 4.90 Å². The van der Waals surface area contributed by atoms with Gasteiger partial charge in [0.15, 0.2) is 0 Å². The van der Waals surface area contributed by atoms with Crippen molar-refractivity contribution >= 4 is 37.4 Å². The van der Waals surface area contributed by atoms with Crippen molar-refractivity contribution in [1.82, 2.24) is 14.3 Å². The number of hydrogen-bond acceptors (Lipinski definition) is 6. The van der Waals surface area contributed by atoms with Crippen LogP contribution in [0.15, 0.2) is 47.5 Å². The van der Waals surface area contributed by atoms with Gasteiger partial charge in [-0.25, -0.2) is 18.4 Å². The predicted molar refractivity (Wildman–Crippen MR) is 121 cm³/mol. The van der Waals surface area contributed by atoms with E-state index in [0.29, 0.717) is 23.9 Å². The van der Waals surface area contributed by atoms with Crippen molar-refractivity contribution in [2.45, 2.75) is 42.9 Å². The molecule has 0 amide bonds. The molecule has 6 nitrogen and oxygen atoms in total. The maximum absolute atomic E-state index is 12.9. The van der Waals surface area contributed by atoms with Crippen LogP contribution in [0.1, 0.15) is 43.0 Å². The quantitative estimate of drug-likeness (QED) is 0.604. The summed E-state index contributed by atoms with van der Waals surface area (Å²) in [6.45, 7) is 3.03. The molecule has 1 aromatic carbocycles. The first-order valence-electron chi connectivity index (χ1n) is 10.7. The minimum atomic E-state index is -3.43. The Labute approximate surface area is 181 Å². The Balaban J connectivity index is 1.32. The van der Waals surface area contributed by atoms with Gasteiger partial charge in [-0.05, 0) is 49.9 Å². The van der Waals surface area contributed by atoms with Gasteiger partial charge in [0, 0.05) is 38.3 Å². The fourth-order valence-electron chi connectivity index (χ4n) is 4.42. The van der Waals surface area contributed by atoms with Gasteiger partial charge in [0.2, 0.25) is 10.0 Å². The lowest BCUT2D eigenvalue weighted by Crippen LogP contribution is -2.36. The van der Waals surface area contributed by atoms with E-state index in [0.717, 1.165) is 56.5 Å². The monoisotopic (exact) mass is 442 g/mol. The molecule has 3 aromatic rings. The number of pyridine rings is 1. The van der Waals surface area contributed by atoms with Gasteiger partial charge in [0.25, 0.3) is 0 Å². The number of aromatic nitrogens is 2. The lowest BCUT2D eigenvalue weighted by atomic mass is 9.99. The number of thiazole rings is 1. The maximum Gasteiger partial charge on any atom is 0.244 e. The van der Waals surface area contributed by atoms with Crippen LogP contribution in [0.4, 0.5) is 5.82 Å². The molecule has 1 atom stereocenters. The van der Waals surface area contributed by atoms with Crippen LogP contribution in [0, 0.1) is 0 Å². The molecule has 4 heterocycles. The van der Waals surface area contributed by atoms with Gasteiger partial charge in [0.05, 0.1) is 15.2 Å². The molecule has 158 valence electrons. The lowest BCUT2D eigenvalue weighted by Gasteiger charge is -2.32. The molecule has 30 heavy (non-hydrogen) atoms. The van der Waals surface area contributed by atoms with E-state index < -0.39 is 10.0 Å². The lowest BCUT2D eigenvalue weighted by molar-refractivity contribution is 0.346. The van der Waals surface area contributed by atoms with E-state index in [9.17, 15) is 8.42 Å². The zero-order chi connectivity index (χ0) is 20.6. The van der Waals surface area contributed by atoms with Crippen molar-refractivity contribution in [3.05, 3.63) is 47.6 Å². The van der Waals surface area contributed by atoms with E-state index in [2.05, 4.69) is 28.1 Å². The van der Waals surface area contributed by atoms with Gasteiger partial charge in [-0.2, -0.15) is 4.31 Å². The number of nitrogens with zero attached hydrogens (tertiary/aromatic N) is 4. The maximum atomic E-state index is 12.9. The van der Waals surface area contributed by atoms with Crippen LogP contribution >= 0.6 is 11.3 Å². The molecule has 0 aliphatic carbocycles. The first-order valence-corrected chi connectivity index (χ1v) is 12.9. The van der Waals surface area contributed by atoms with E-state index in [1.54, 1.807) is 21.7 Å². The van der Waals surface area contributed by atoms with Gasteiger partial charge in [0.1, 0.15) is 10.7 Å². The van der Waals surface area contributed by atoms with Crippen molar-refractivity contribution < 1.29 is 8.42 Å². The normalized spacial score (nSPS) is 21.2. The van der Waals surface area contributed by atoms with Crippen molar-refractivity contribution in [3.63, 3.8) is 0 Å². The number of piperidine rings is 2. The Morgan fingerprint density at radius 2 is 1.80 bits per heavy atom. The second-order valence-corrected chi connectivity index (χ2v) is 11.1. The third-order valence-electron chi connectivity index (χ3n) is 6.08. The molecule has 0 bridgehead atoms. The number of hydrogen-bond donors (Lipinski definition) is 0. The Hall–Kier alpha value is -2.03. The van der Waals surface area contributed by atoms with E-state index in [4.69, 9.17) is 4.98 Å². The summed E-state index contributed by atoms with van der Waals surface area (Å²) in [4.78, 5) is 11.9. The van der Waals surface area contributed by atoms with Crippen LogP contribution in [0.3, 0.4) is 0 Å². The molecule has 8 heteroatoms. The highest BCUT2D eigenvalue weighted by Crippen LogP contribution is 2.34. The minimum Gasteiger partial charge on any atom is -0.356 e. The molecule has 2 fully saturated rings. The number of rotatable bonds is 4. The topological polar surface area (TPSA) is 66.4 Å². The van der Waals surface area contributed by atoms with Crippen molar-refractivity contribution in [3.8, 4) is 0 Å². The Bertz CT molecular complexity index is 1090. The van der Waals surface area contributed by atoms with Crippen LogP contribution in [0.5, 0.6) is 0 Å². The van der Waals surface area contributed by atoms with Gasteiger partial charge >= 0.3 is 0 Å². The van der Waals surface area contributed by atoms with Crippen molar-refractivity contribution in [2.75, 3.05) is 31.1 Å². The Kier molecular flexibility index (Phi) is 5.47. The highest BCUT2D eigenvalue weighted by atomic mass is 32.2. The summed E-state index contributed by atoms with van der Waals surface area (Å²) in [6, 6.07) is 11.9. The van der Waals surface area contributed by atoms with Crippen LogP contribution in [0.2, 0.25) is 0 Å². The van der Waals surface area contributed by atoms with E-state index in [1.807, 2.05) is 12.1 Å². The molecular formula is C22H26N4O2S2. The zero-order valence-corrected chi connectivity index (χ0v) is 18.5. The molecule has 0 unspecified atom stereocenters. The molecule has 5 rings (SSSR count). The average Bonchev–Trinajstić information content (AvgIpc) is 3.24. The summed E-state index contributed by atoms with van der Waals surface area (Å²) in [5.74, 6) is 1.23. The molecular weight excluding hydrogens is 416 g/mol. The summed E-state index contributed by atoms with van der Waals surface area (Å²) < 4.78 is 28.6. The van der Waals surface area contributed by atoms with Crippen LogP contribution in [-0.2, 0) is 10.0 Å².